The number of hydrogen-bond donors (Lipinski definition) is 1. The molecule has 4 heteroatoms. The number of aromatic nitrogens is 1. The predicted octanol–water partition coefficient (Wildman–Crippen LogP) is 1.78. The van der Waals surface area contributed by atoms with Crippen molar-refractivity contribution < 1.29 is 4.79 Å². The number of rotatable bonds is 1. The Bertz CT molecular complexity index is 509. The van der Waals surface area contributed by atoms with Crippen molar-refractivity contribution in [1.82, 2.24) is 9.88 Å². The Hall–Kier alpha value is -1.58. The van der Waals surface area contributed by atoms with Crippen LogP contribution in [-0.2, 0) is 0 Å². The van der Waals surface area contributed by atoms with Crippen LogP contribution in [0.3, 0.4) is 0 Å². The van der Waals surface area contributed by atoms with E-state index in [1.807, 2.05) is 4.90 Å². The van der Waals surface area contributed by atoms with Gasteiger partial charge in [0.05, 0.1) is 0 Å². The molecule has 3 rings (SSSR count). The molecule has 0 radical (unpaired) electrons. The predicted molar refractivity (Wildman–Crippen MR) is 68.5 cm³/mol. The van der Waals surface area contributed by atoms with Crippen LogP contribution in [0.4, 0.5) is 0 Å². The van der Waals surface area contributed by atoms with Crippen molar-refractivity contribution >= 4 is 5.91 Å². The van der Waals surface area contributed by atoms with Gasteiger partial charge >= 0.3 is 0 Å². The number of likely N-dealkylation sites (tertiary alicyclic amines) is 1. The number of nitrogens with one attached hydrogen (secondary N) is 1. The molecule has 1 N–H and O–H groups in total. The van der Waals surface area contributed by atoms with Gasteiger partial charge in [-0.05, 0) is 31.2 Å². The second-order valence-electron chi connectivity index (χ2n) is 5.34. The number of H-pyrrole nitrogens is 1. The van der Waals surface area contributed by atoms with E-state index in [0.717, 1.165) is 19.4 Å². The van der Waals surface area contributed by atoms with E-state index in [4.69, 9.17) is 0 Å². The molecule has 0 aromatic carbocycles. The first kappa shape index (κ1) is 11.5. The van der Waals surface area contributed by atoms with Crippen LogP contribution in [0.1, 0.15) is 42.5 Å². The maximum absolute atomic E-state index is 12.4. The molecule has 96 valence electrons. The lowest BCUT2D eigenvalue weighted by Gasteiger charge is -2.31. The summed E-state index contributed by atoms with van der Waals surface area (Å²) < 4.78 is 0. The number of carbonyl (C=O) groups is 1. The van der Waals surface area contributed by atoms with Gasteiger partial charge in [-0.25, -0.2) is 0 Å². The van der Waals surface area contributed by atoms with E-state index < -0.39 is 0 Å². The normalized spacial score (nSPS) is 27.0. The molecule has 2 unspecified atom stereocenters. The number of nitrogens with zero attached hydrogens (tertiary/aromatic N) is 1. The van der Waals surface area contributed by atoms with E-state index in [0.29, 0.717) is 17.5 Å². The van der Waals surface area contributed by atoms with Gasteiger partial charge in [-0.3, -0.25) is 9.59 Å². The monoisotopic (exact) mass is 246 g/mol. The van der Waals surface area contributed by atoms with Crippen molar-refractivity contribution in [1.29, 1.82) is 0 Å². The van der Waals surface area contributed by atoms with E-state index in [2.05, 4.69) is 4.98 Å². The lowest BCUT2D eigenvalue weighted by molar-refractivity contribution is 0.0690. The molecule has 1 saturated carbocycles. The Kier molecular flexibility index (Phi) is 2.94. The molecule has 1 amide bonds. The second-order valence-corrected chi connectivity index (χ2v) is 5.34. The fourth-order valence-electron chi connectivity index (χ4n) is 3.40. The fourth-order valence-corrected chi connectivity index (χ4v) is 3.40. The van der Waals surface area contributed by atoms with Gasteiger partial charge in [0.2, 0.25) is 5.56 Å². The summed E-state index contributed by atoms with van der Waals surface area (Å²) in [5.41, 5.74) is 0.310. The van der Waals surface area contributed by atoms with E-state index in [1.54, 1.807) is 12.3 Å². The zero-order chi connectivity index (χ0) is 12.5. The highest BCUT2D eigenvalue weighted by Gasteiger charge is 2.38. The first-order chi connectivity index (χ1) is 8.75. The lowest BCUT2D eigenvalue weighted by Crippen LogP contribution is -2.39. The molecule has 0 spiro atoms. The SMILES string of the molecule is O=C(c1cc[nH]c(=O)c1)N1CCC2CCCCC21. The standard InChI is InChI=1S/C14H18N2O2/c17-13-9-11(5-7-15-13)14(18)16-8-6-10-3-1-2-4-12(10)16/h5,7,9-10,12H,1-4,6,8H2,(H,15,17). The highest BCUT2D eigenvalue weighted by atomic mass is 16.2. The summed E-state index contributed by atoms with van der Waals surface area (Å²) in [7, 11) is 0. The van der Waals surface area contributed by atoms with Gasteiger partial charge in [-0.15, -0.1) is 0 Å². The Morgan fingerprint density at radius 2 is 2.11 bits per heavy atom. The summed E-state index contributed by atoms with van der Waals surface area (Å²) in [6.07, 6.45) is 7.57. The number of hydrogen-bond acceptors (Lipinski definition) is 2. The first-order valence-corrected chi connectivity index (χ1v) is 6.75. The Balaban J connectivity index is 1.82. The quantitative estimate of drug-likeness (QED) is 0.821. The average molecular weight is 246 g/mol. The summed E-state index contributed by atoms with van der Waals surface area (Å²) in [4.78, 5) is 28.2. The van der Waals surface area contributed by atoms with Gasteiger partial charge in [0, 0.05) is 30.4 Å². The Morgan fingerprint density at radius 1 is 1.28 bits per heavy atom. The van der Waals surface area contributed by atoms with Crippen molar-refractivity contribution in [3.8, 4) is 0 Å². The van der Waals surface area contributed by atoms with E-state index >= 15 is 0 Å². The van der Waals surface area contributed by atoms with Crippen LogP contribution in [0.2, 0.25) is 0 Å². The van der Waals surface area contributed by atoms with Crippen molar-refractivity contribution in [2.75, 3.05) is 6.54 Å². The smallest absolute Gasteiger partial charge is 0.254 e. The molecule has 18 heavy (non-hydrogen) atoms. The molecule has 2 heterocycles. The van der Waals surface area contributed by atoms with Gasteiger partial charge in [-0.1, -0.05) is 12.8 Å². The molecule has 4 nitrogen and oxygen atoms in total. The minimum atomic E-state index is -0.208. The van der Waals surface area contributed by atoms with Crippen LogP contribution in [0.25, 0.3) is 0 Å². The lowest BCUT2D eigenvalue weighted by atomic mass is 9.85. The topological polar surface area (TPSA) is 53.2 Å². The zero-order valence-electron chi connectivity index (χ0n) is 10.4. The van der Waals surface area contributed by atoms with Crippen molar-refractivity contribution in [2.24, 2.45) is 5.92 Å². The van der Waals surface area contributed by atoms with Gasteiger partial charge in [-0.2, -0.15) is 0 Å². The van der Waals surface area contributed by atoms with Crippen molar-refractivity contribution in [3.05, 3.63) is 34.2 Å². The van der Waals surface area contributed by atoms with Crippen LogP contribution in [0.15, 0.2) is 23.1 Å². The molecule has 1 aliphatic heterocycles. The molecule has 1 saturated heterocycles. The molecule has 2 atom stereocenters. The maximum atomic E-state index is 12.4. The number of aromatic amines is 1. The first-order valence-electron chi connectivity index (χ1n) is 6.75. The molecule has 2 aliphatic rings. The van der Waals surface area contributed by atoms with Crippen LogP contribution >= 0.6 is 0 Å². The van der Waals surface area contributed by atoms with Gasteiger partial charge in [0.15, 0.2) is 0 Å². The number of carbonyl (C=O) groups excluding carboxylic acids is 1. The van der Waals surface area contributed by atoms with Gasteiger partial charge < -0.3 is 9.88 Å². The van der Waals surface area contributed by atoms with Crippen LogP contribution in [0, 0.1) is 5.92 Å². The van der Waals surface area contributed by atoms with E-state index in [9.17, 15) is 9.59 Å². The molecule has 2 fully saturated rings. The van der Waals surface area contributed by atoms with Crippen molar-refractivity contribution in [3.63, 3.8) is 0 Å². The van der Waals surface area contributed by atoms with E-state index in [1.165, 1.54) is 25.3 Å². The molecule has 1 aromatic rings. The summed E-state index contributed by atoms with van der Waals surface area (Å²) in [5.74, 6) is 0.709. The Labute approximate surface area is 106 Å². The molecular weight excluding hydrogens is 228 g/mol. The summed E-state index contributed by atoms with van der Waals surface area (Å²) in [5, 5.41) is 0. The minimum Gasteiger partial charge on any atom is -0.335 e. The minimum absolute atomic E-state index is 0.0236. The molecule has 0 bridgehead atoms. The summed E-state index contributed by atoms with van der Waals surface area (Å²) >= 11 is 0. The number of fused-ring (bicyclic) bond motifs is 1. The summed E-state index contributed by atoms with van der Waals surface area (Å²) in [6.45, 7) is 0.848. The molecular formula is C14H18N2O2. The maximum Gasteiger partial charge on any atom is 0.254 e. The molecule has 1 aromatic heterocycles. The molecule has 1 aliphatic carbocycles. The highest BCUT2D eigenvalue weighted by Crippen LogP contribution is 2.36. The van der Waals surface area contributed by atoms with Crippen LogP contribution in [0.5, 0.6) is 0 Å². The third kappa shape index (κ3) is 1.96. The van der Waals surface area contributed by atoms with Crippen LogP contribution in [-0.4, -0.2) is 28.4 Å². The number of pyridine rings is 1. The van der Waals surface area contributed by atoms with E-state index in [-0.39, 0.29) is 11.5 Å². The van der Waals surface area contributed by atoms with Crippen molar-refractivity contribution in [2.45, 2.75) is 38.1 Å². The highest BCUT2D eigenvalue weighted by molar-refractivity contribution is 5.94. The third-order valence-electron chi connectivity index (χ3n) is 4.29. The fraction of sp³-hybridized carbons (Fsp3) is 0.571. The summed E-state index contributed by atoms with van der Waals surface area (Å²) in [6, 6.07) is 3.50. The largest absolute Gasteiger partial charge is 0.335 e. The Morgan fingerprint density at radius 3 is 2.94 bits per heavy atom. The van der Waals surface area contributed by atoms with Gasteiger partial charge in [0.1, 0.15) is 0 Å². The van der Waals surface area contributed by atoms with Crippen LogP contribution < -0.4 is 5.56 Å². The average Bonchev–Trinajstić information content (AvgIpc) is 2.82. The second kappa shape index (κ2) is 4.59. The zero-order valence-corrected chi connectivity index (χ0v) is 10.4. The number of amides is 1. The van der Waals surface area contributed by atoms with Gasteiger partial charge in [0.25, 0.3) is 5.91 Å². The third-order valence-corrected chi connectivity index (χ3v) is 4.29.